The van der Waals surface area contributed by atoms with E-state index in [0.29, 0.717) is 18.5 Å². The number of halogens is 1. The molecule has 0 aliphatic rings. The minimum Gasteiger partial charge on any atom is -0.361 e. The molecule has 1 aromatic carbocycles. The number of H-pyrrole nitrogens is 1. The van der Waals surface area contributed by atoms with Crippen molar-refractivity contribution in [3.63, 3.8) is 0 Å². The summed E-state index contributed by atoms with van der Waals surface area (Å²) in [5.41, 5.74) is 2.06. The SMILES string of the molecule is CCNC(=NCCc1c[nH]c2ccc(F)cc12)NC(C)C(C)C. The first-order chi connectivity index (χ1) is 11.0. The third-order valence-electron chi connectivity index (χ3n) is 4.09. The van der Waals surface area contributed by atoms with Gasteiger partial charge < -0.3 is 15.6 Å². The Balaban J connectivity index is 2.03. The maximum Gasteiger partial charge on any atom is 0.191 e. The van der Waals surface area contributed by atoms with Crippen LogP contribution in [0.2, 0.25) is 0 Å². The van der Waals surface area contributed by atoms with Crippen molar-refractivity contribution in [1.82, 2.24) is 15.6 Å². The highest BCUT2D eigenvalue weighted by atomic mass is 19.1. The molecule has 4 nitrogen and oxygen atoms in total. The van der Waals surface area contributed by atoms with Crippen molar-refractivity contribution >= 4 is 16.9 Å². The van der Waals surface area contributed by atoms with Crippen LogP contribution in [0.25, 0.3) is 10.9 Å². The van der Waals surface area contributed by atoms with Crippen LogP contribution in [0, 0.1) is 11.7 Å². The van der Waals surface area contributed by atoms with Gasteiger partial charge in [-0.2, -0.15) is 0 Å². The smallest absolute Gasteiger partial charge is 0.191 e. The molecule has 2 rings (SSSR count). The highest BCUT2D eigenvalue weighted by molar-refractivity contribution is 5.83. The number of nitrogens with one attached hydrogen (secondary N) is 3. The molecule has 1 aromatic heterocycles. The van der Waals surface area contributed by atoms with Gasteiger partial charge in [-0.3, -0.25) is 4.99 Å². The number of guanidine groups is 1. The van der Waals surface area contributed by atoms with Crippen molar-refractivity contribution < 1.29 is 4.39 Å². The Labute approximate surface area is 137 Å². The van der Waals surface area contributed by atoms with Crippen LogP contribution in [0.3, 0.4) is 0 Å². The van der Waals surface area contributed by atoms with Gasteiger partial charge in [-0.1, -0.05) is 13.8 Å². The number of hydrogen-bond donors (Lipinski definition) is 3. The molecule has 0 amide bonds. The average molecular weight is 318 g/mol. The number of aliphatic imine (C=N–C) groups is 1. The zero-order chi connectivity index (χ0) is 16.8. The second kappa shape index (κ2) is 7.99. The molecule has 1 heterocycles. The fourth-order valence-corrected chi connectivity index (χ4v) is 2.35. The van der Waals surface area contributed by atoms with E-state index in [1.165, 1.54) is 6.07 Å². The molecule has 126 valence electrons. The van der Waals surface area contributed by atoms with Crippen molar-refractivity contribution in [2.24, 2.45) is 10.9 Å². The van der Waals surface area contributed by atoms with Crippen LogP contribution in [-0.2, 0) is 6.42 Å². The summed E-state index contributed by atoms with van der Waals surface area (Å²) >= 11 is 0. The highest BCUT2D eigenvalue weighted by Gasteiger charge is 2.09. The van der Waals surface area contributed by atoms with E-state index in [4.69, 9.17) is 0 Å². The van der Waals surface area contributed by atoms with Gasteiger partial charge >= 0.3 is 0 Å². The molecule has 1 unspecified atom stereocenters. The third kappa shape index (κ3) is 4.71. The topological polar surface area (TPSA) is 52.2 Å². The molecule has 0 saturated carbocycles. The minimum atomic E-state index is -0.206. The van der Waals surface area contributed by atoms with Crippen LogP contribution in [0.15, 0.2) is 29.4 Å². The monoisotopic (exact) mass is 318 g/mol. The number of hydrogen-bond acceptors (Lipinski definition) is 1. The first-order valence-electron chi connectivity index (χ1n) is 8.31. The summed E-state index contributed by atoms with van der Waals surface area (Å²) in [6.45, 7) is 10.1. The van der Waals surface area contributed by atoms with E-state index < -0.39 is 0 Å². The summed E-state index contributed by atoms with van der Waals surface area (Å²) in [4.78, 5) is 7.81. The molecule has 0 spiro atoms. The van der Waals surface area contributed by atoms with Gasteiger partial charge in [0.05, 0.1) is 0 Å². The Morgan fingerprint density at radius 2 is 2.09 bits per heavy atom. The van der Waals surface area contributed by atoms with Crippen LogP contribution in [-0.4, -0.2) is 30.1 Å². The fourth-order valence-electron chi connectivity index (χ4n) is 2.35. The lowest BCUT2D eigenvalue weighted by atomic mass is 10.1. The van der Waals surface area contributed by atoms with Crippen LogP contribution in [0.1, 0.15) is 33.3 Å². The van der Waals surface area contributed by atoms with E-state index in [2.05, 4.69) is 48.3 Å². The van der Waals surface area contributed by atoms with Gasteiger partial charge in [-0.15, -0.1) is 0 Å². The Kier molecular flexibility index (Phi) is 6.02. The number of fused-ring (bicyclic) bond motifs is 1. The molecule has 1 atom stereocenters. The predicted octanol–water partition coefficient (Wildman–Crippen LogP) is 3.45. The van der Waals surface area contributed by atoms with E-state index in [9.17, 15) is 4.39 Å². The zero-order valence-corrected chi connectivity index (χ0v) is 14.4. The van der Waals surface area contributed by atoms with Crippen molar-refractivity contribution in [3.05, 3.63) is 35.8 Å². The molecule has 3 N–H and O–H groups in total. The summed E-state index contributed by atoms with van der Waals surface area (Å²) < 4.78 is 13.4. The van der Waals surface area contributed by atoms with Gasteiger partial charge in [-0.25, -0.2) is 4.39 Å². The molecule has 0 saturated heterocycles. The molecular formula is C18H27FN4. The van der Waals surface area contributed by atoms with Crippen LogP contribution < -0.4 is 10.6 Å². The zero-order valence-electron chi connectivity index (χ0n) is 14.4. The summed E-state index contributed by atoms with van der Waals surface area (Å²) in [5, 5.41) is 7.62. The molecule has 0 radical (unpaired) electrons. The van der Waals surface area contributed by atoms with E-state index >= 15 is 0 Å². The fraction of sp³-hybridized carbons (Fsp3) is 0.500. The van der Waals surface area contributed by atoms with E-state index in [-0.39, 0.29) is 5.82 Å². The van der Waals surface area contributed by atoms with Crippen LogP contribution >= 0.6 is 0 Å². The second-order valence-corrected chi connectivity index (χ2v) is 6.19. The standard InChI is InChI=1S/C18H27FN4/c1-5-20-18(23-13(4)12(2)3)21-9-8-14-11-22-17-7-6-15(19)10-16(14)17/h6-7,10-13,22H,5,8-9H2,1-4H3,(H2,20,21,23). The lowest BCUT2D eigenvalue weighted by molar-refractivity contribution is 0.481. The lowest BCUT2D eigenvalue weighted by Crippen LogP contribution is -2.44. The Morgan fingerprint density at radius 1 is 1.30 bits per heavy atom. The number of rotatable bonds is 6. The Morgan fingerprint density at radius 3 is 2.78 bits per heavy atom. The largest absolute Gasteiger partial charge is 0.361 e. The average Bonchev–Trinajstić information content (AvgIpc) is 2.89. The molecule has 0 aliphatic carbocycles. The van der Waals surface area contributed by atoms with Gasteiger partial charge in [-0.05, 0) is 49.9 Å². The molecule has 5 heteroatoms. The second-order valence-electron chi connectivity index (χ2n) is 6.19. The lowest BCUT2D eigenvalue weighted by Gasteiger charge is -2.20. The number of aromatic amines is 1. The molecule has 0 fully saturated rings. The van der Waals surface area contributed by atoms with Crippen LogP contribution in [0.5, 0.6) is 0 Å². The van der Waals surface area contributed by atoms with Gasteiger partial charge in [0.25, 0.3) is 0 Å². The van der Waals surface area contributed by atoms with Crippen molar-refractivity contribution in [1.29, 1.82) is 0 Å². The van der Waals surface area contributed by atoms with Crippen molar-refractivity contribution in [2.45, 2.75) is 40.2 Å². The summed E-state index contributed by atoms with van der Waals surface area (Å²) in [7, 11) is 0. The maximum atomic E-state index is 13.4. The Bertz CT molecular complexity index is 660. The first kappa shape index (κ1) is 17.3. The third-order valence-corrected chi connectivity index (χ3v) is 4.09. The van der Waals surface area contributed by atoms with E-state index in [0.717, 1.165) is 35.4 Å². The minimum absolute atomic E-state index is 0.206. The molecule has 2 aromatic rings. The van der Waals surface area contributed by atoms with Crippen LogP contribution in [0.4, 0.5) is 4.39 Å². The molecule has 0 aliphatic heterocycles. The van der Waals surface area contributed by atoms with E-state index in [1.54, 1.807) is 12.1 Å². The normalized spacial score (nSPS) is 13.6. The summed E-state index contributed by atoms with van der Waals surface area (Å²) in [6, 6.07) is 5.18. The van der Waals surface area contributed by atoms with Crippen molar-refractivity contribution in [2.75, 3.05) is 13.1 Å². The number of benzene rings is 1. The predicted molar refractivity (Wildman–Crippen MR) is 95.4 cm³/mol. The molecular weight excluding hydrogens is 291 g/mol. The quantitative estimate of drug-likeness (QED) is 0.564. The van der Waals surface area contributed by atoms with Gasteiger partial charge in [0, 0.05) is 36.2 Å². The molecule has 0 bridgehead atoms. The number of nitrogens with zero attached hydrogens (tertiary/aromatic N) is 1. The Hall–Kier alpha value is -2.04. The summed E-state index contributed by atoms with van der Waals surface area (Å²) in [5.74, 6) is 1.16. The van der Waals surface area contributed by atoms with Gasteiger partial charge in [0.1, 0.15) is 5.82 Å². The van der Waals surface area contributed by atoms with Gasteiger partial charge in [0.15, 0.2) is 5.96 Å². The molecule has 23 heavy (non-hydrogen) atoms. The van der Waals surface area contributed by atoms with Gasteiger partial charge in [0.2, 0.25) is 0 Å². The first-order valence-corrected chi connectivity index (χ1v) is 8.31. The highest BCUT2D eigenvalue weighted by Crippen LogP contribution is 2.19. The summed E-state index contributed by atoms with van der Waals surface area (Å²) in [6.07, 6.45) is 2.72. The maximum absolute atomic E-state index is 13.4. The van der Waals surface area contributed by atoms with E-state index in [1.807, 2.05) is 6.20 Å². The van der Waals surface area contributed by atoms with Crippen molar-refractivity contribution in [3.8, 4) is 0 Å². The number of aromatic nitrogens is 1.